The highest BCUT2D eigenvalue weighted by Gasteiger charge is 2.33. The van der Waals surface area contributed by atoms with E-state index in [-0.39, 0.29) is 11.6 Å². The van der Waals surface area contributed by atoms with Crippen molar-refractivity contribution in [2.75, 3.05) is 53.6 Å². The Bertz CT molecular complexity index is 1220. The summed E-state index contributed by atoms with van der Waals surface area (Å²) in [5.41, 5.74) is 3.85. The van der Waals surface area contributed by atoms with E-state index >= 15 is 0 Å². The summed E-state index contributed by atoms with van der Waals surface area (Å²) in [7, 11) is 3.16. The van der Waals surface area contributed by atoms with Crippen LogP contribution in [0.25, 0.3) is 16.9 Å². The van der Waals surface area contributed by atoms with Gasteiger partial charge in [0, 0.05) is 43.7 Å². The summed E-state index contributed by atoms with van der Waals surface area (Å²) in [6.45, 7) is 4.35. The second-order valence-corrected chi connectivity index (χ2v) is 8.29. The largest absolute Gasteiger partial charge is 0.493 e. The van der Waals surface area contributed by atoms with Gasteiger partial charge in [-0.1, -0.05) is 12.1 Å². The minimum Gasteiger partial charge on any atom is -0.493 e. The van der Waals surface area contributed by atoms with Crippen LogP contribution in [0.1, 0.15) is 21.6 Å². The molecule has 1 amide bonds. The fraction of sp³-hybridized carbons (Fsp3) is 0.360. The Labute approximate surface area is 197 Å². The maximum absolute atomic E-state index is 14.8. The van der Waals surface area contributed by atoms with Gasteiger partial charge in [-0.25, -0.2) is 9.07 Å². The number of nitrogens with zero attached hydrogens (tertiary/aromatic N) is 3. The van der Waals surface area contributed by atoms with Gasteiger partial charge < -0.3 is 19.5 Å². The lowest BCUT2D eigenvalue weighted by Crippen LogP contribution is -2.41. The highest BCUT2D eigenvalue weighted by Crippen LogP contribution is 2.44. The molecule has 34 heavy (non-hydrogen) atoms. The molecule has 1 fully saturated rings. The molecule has 0 unspecified atom stereocenters. The summed E-state index contributed by atoms with van der Waals surface area (Å²) in [6, 6.07) is 10.2. The number of hydrogen-bond donors (Lipinski definition) is 1. The molecular weight excluding hydrogens is 439 g/mol. The maximum atomic E-state index is 14.8. The fourth-order valence-electron chi connectivity index (χ4n) is 4.59. The molecule has 0 bridgehead atoms. The number of ether oxygens (including phenoxy) is 3. The number of halogens is 1. The third kappa shape index (κ3) is 4.01. The quantitative estimate of drug-likeness (QED) is 0.451. The molecule has 3 aromatic rings. The first-order chi connectivity index (χ1) is 16.6. The average Bonchev–Trinajstić information content (AvgIpc) is 3.41. The average molecular weight is 467 g/mol. The molecule has 1 aliphatic carbocycles. The molecule has 0 spiro atoms. The monoisotopic (exact) mass is 466 g/mol. The summed E-state index contributed by atoms with van der Waals surface area (Å²) in [4.78, 5) is 15.5. The van der Waals surface area contributed by atoms with E-state index in [1.807, 2.05) is 12.1 Å². The van der Waals surface area contributed by atoms with E-state index in [1.54, 1.807) is 32.4 Å². The zero-order chi connectivity index (χ0) is 23.7. The smallest absolute Gasteiger partial charge is 0.272 e. The first-order valence-electron chi connectivity index (χ1n) is 11.3. The van der Waals surface area contributed by atoms with Crippen molar-refractivity contribution < 1.29 is 23.4 Å². The third-order valence-electron chi connectivity index (χ3n) is 6.33. The molecule has 9 heteroatoms. The van der Waals surface area contributed by atoms with Crippen LogP contribution in [0.2, 0.25) is 0 Å². The molecule has 2 aliphatic rings. The van der Waals surface area contributed by atoms with Crippen molar-refractivity contribution in [3.05, 3.63) is 59.0 Å². The normalized spacial score (nSPS) is 15.0. The number of hydrogen-bond acceptors (Lipinski definition) is 6. The molecule has 2 aromatic carbocycles. The second-order valence-electron chi connectivity index (χ2n) is 8.29. The van der Waals surface area contributed by atoms with E-state index in [2.05, 4.69) is 15.3 Å². The predicted octanol–water partition coefficient (Wildman–Crippen LogP) is 2.66. The summed E-state index contributed by atoms with van der Waals surface area (Å²) < 4.78 is 32.6. The zero-order valence-electron chi connectivity index (χ0n) is 19.3. The second kappa shape index (κ2) is 9.44. The van der Waals surface area contributed by atoms with Gasteiger partial charge in [-0.2, -0.15) is 5.10 Å². The lowest BCUT2D eigenvalue weighted by molar-refractivity contribution is 0.0383. The van der Waals surface area contributed by atoms with E-state index in [4.69, 9.17) is 14.2 Å². The van der Waals surface area contributed by atoms with Crippen molar-refractivity contribution in [2.24, 2.45) is 0 Å². The third-order valence-corrected chi connectivity index (χ3v) is 6.33. The van der Waals surface area contributed by atoms with Crippen molar-refractivity contribution in [1.82, 2.24) is 20.0 Å². The van der Waals surface area contributed by atoms with Crippen LogP contribution in [0, 0.1) is 5.82 Å². The molecule has 0 saturated carbocycles. The van der Waals surface area contributed by atoms with Gasteiger partial charge in [-0.05, 0) is 29.8 Å². The number of nitrogens with one attached hydrogen (secondary N) is 1. The number of carbonyl (C=O) groups excluding carboxylic acids is 1. The Morgan fingerprint density at radius 3 is 2.62 bits per heavy atom. The molecule has 1 aliphatic heterocycles. The molecule has 2 heterocycles. The van der Waals surface area contributed by atoms with Gasteiger partial charge in [0.05, 0.1) is 33.1 Å². The molecule has 0 atom stereocenters. The van der Waals surface area contributed by atoms with E-state index in [0.29, 0.717) is 49.1 Å². The number of methoxy groups -OCH3 is 2. The number of aromatic nitrogens is 2. The Morgan fingerprint density at radius 1 is 1.15 bits per heavy atom. The number of rotatable bonds is 7. The van der Waals surface area contributed by atoms with Crippen LogP contribution in [-0.2, 0) is 11.2 Å². The van der Waals surface area contributed by atoms with Gasteiger partial charge in [0.25, 0.3) is 5.91 Å². The van der Waals surface area contributed by atoms with Crippen LogP contribution in [0.15, 0.2) is 36.4 Å². The van der Waals surface area contributed by atoms with Crippen LogP contribution < -0.4 is 14.8 Å². The molecule has 1 N–H and O–H groups in total. The molecule has 0 radical (unpaired) electrons. The molecule has 1 saturated heterocycles. The SMILES string of the molecule is COc1cc2c(cc1OC)-c1c(c(C(=O)NCCN3CCOCC3)nn1-c1ccccc1F)C2. The van der Waals surface area contributed by atoms with Crippen molar-refractivity contribution in [3.8, 4) is 28.4 Å². The number of benzene rings is 2. The van der Waals surface area contributed by atoms with Gasteiger partial charge in [0.1, 0.15) is 11.5 Å². The van der Waals surface area contributed by atoms with Crippen LogP contribution in [-0.4, -0.2) is 74.2 Å². The first-order valence-corrected chi connectivity index (χ1v) is 11.3. The molecule has 1 aromatic heterocycles. The number of morpholine rings is 1. The number of fused-ring (bicyclic) bond motifs is 3. The van der Waals surface area contributed by atoms with Gasteiger partial charge in [0.15, 0.2) is 17.2 Å². The van der Waals surface area contributed by atoms with Gasteiger partial charge in [0.2, 0.25) is 0 Å². The Balaban J connectivity index is 1.51. The highest BCUT2D eigenvalue weighted by molar-refractivity contribution is 5.97. The Hall–Kier alpha value is -3.43. The van der Waals surface area contributed by atoms with Gasteiger partial charge in [-0.15, -0.1) is 0 Å². The van der Waals surface area contributed by atoms with Crippen molar-refractivity contribution in [2.45, 2.75) is 6.42 Å². The van der Waals surface area contributed by atoms with Gasteiger partial charge in [-0.3, -0.25) is 9.69 Å². The van der Waals surface area contributed by atoms with Crippen molar-refractivity contribution in [3.63, 3.8) is 0 Å². The van der Waals surface area contributed by atoms with E-state index in [0.717, 1.165) is 36.3 Å². The first kappa shape index (κ1) is 22.4. The number of amides is 1. The minimum atomic E-state index is -0.416. The zero-order valence-corrected chi connectivity index (χ0v) is 19.3. The standard InChI is InChI=1S/C25H27FN4O4/c1-32-21-14-16-13-18-23(25(31)27-7-8-29-9-11-34-12-10-29)28-30(20-6-4-3-5-19(20)26)24(18)17(16)15-22(21)33-2/h3-6,14-15H,7-13H2,1-2H3,(H,27,31). The summed E-state index contributed by atoms with van der Waals surface area (Å²) >= 11 is 0. The molecule has 5 rings (SSSR count). The number of carbonyl (C=O) groups is 1. The van der Waals surface area contributed by atoms with Crippen molar-refractivity contribution in [1.29, 1.82) is 0 Å². The van der Waals surface area contributed by atoms with Crippen LogP contribution in [0.4, 0.5) is 4.39 Å². The molecule has 178 valence electrons. The van der Waals surface area contributed by atoms with E-state index in [1.165, 1.54) is 10.7 Å². The van der Waals surface area contributed by atoms with Crippen LogP contribution >= 0.6 is 0 Å². The minimum absolute atomic E-state index is 0.272. The summed E-state index contributed by atoms with van der Waals surface area (Å²) in [5, 5.41) is 7.57. The van der Waals surface area contributed by atoms with Gasteiger partial charge >= 0.3 is 0 Å². The Kier molecular flexibility index (Phi) is 6.21. The van der Waals surface area contributed by atoms with Crippen molar-refractivity contribution >= 4 is 5.91 Å². The summed E-state index contributed by atoms with van der Waals surface area (Å²) in [6.07, 6.45) is 0.492. The molecular formula is C25H27FN4O4. The Morgan fingerprint density at radius 2 is 1.88 bits per heavy atom. The lowest BCUT2D eigenvalue weighted by Gasteiger charge is -2.26. The predicted molar refractivity (Wildman–Crippen MR) is 124 cm³/mol. The van der Waals surface area contributed by atoms with Crippen LogP contribution in [0.3, 0.4) is 0 Å². The van der Waals surface area contributed by atoms with E-state index in [9.17, 15) is 9.18 Å². The fourth-order valence-corrected chi connectivity index (χ4v) is 4.59. The van der Waals surface area contributed by atoms with Crippen LogP contribution in [0.5, 0.6) is 11.5 Å². The topological polar surface area (TPSA) is 77.8 Å². The maximum Gasteiger partial charge on any atom is 0.272 e. The lowest BCUT2D eigenvalue weighted by atomic mass is 10.1. The highest BCUT2D eigenvalue weighted by atomic mass is 19.1. The van der Waals surface area contributed by atoms with E-state index < -0.39 is 5.82 Å². The summed E-state index contributed by atoms with van der Waals surface area (Å²) in [5.74, 6) is 0.479. The molecule has 8 nitrogen and oxygen atoms in total. The number of para-hydroxylation sites is 1.